The summed E-state index contributed by atoms with van der Waals surface area (Å²) in [4.78, 5) is 39.7. The van der Waals surface area contributed by atoms with Crippen LogP contribution in [0.15, 0.2) is 55.1 Å². The van der Waals surface area contributed by atoms with Crippen LogP contribution in [0, 0.1) is 0 Å². The normalized spacial score (nSPS) is 17.9. The molecule has 33 heavy (non-hydrogen) atoms. The summed E-state index contributed by atoms with van der Waals surface area (Å²) >= 11 is 0. The third kappa shape index (κ3) is 2.97. The van der Waals surface area contributed by atoms with Crippen molar-refractivity contribution >= 4 is 28.5 Å². The molecule has 2 aromatic carbocycles. The predicted molar refractivity (Wildman–Crippen MR) is 125 cm³/mol. The maximum atomic E-state index is 13.3. The highest BCUT2D eigenvalue weighted by molar-refractivity contribution is 6.04. The summed E-state index contributed by atoms with van der Waals surface area (Å²) in [6, 6.07) is 13.6. The molecular formula is C27H25N3O3. The van der Waals surface area contributed by atoms with Crippen LogP contribution in [0.1, 0.15) is 56.8 Å². The Hall–Kier alpha value is -3.67. The first kappa shape index (κ1) is 20.0. The molecule has 1 N–H and O–H groups in total. The van der Waals surface area contributed by atoms with Crippen molar-refractivity contribution in [2.24, 2.45) is 0 Å². The minimum absolute atomic E-state index is 0.0391. The molecule has 1 aliphatic carbocycles. The van der Waals surface area contributed by atoms with Gasteiger partial charge in [-0.15, -0.1) is 0 Å². The van der Waals surface area contributed by atoms with Crippen LogP contribution in [0.25, 0.3) is 10.9 Å². The molecule has 2 aliphatic heterocycles. The van der Waals surface area contributed by atoms with Gasteiger partial charge in [0.1, 0.15) is 5.69 Å². The van der Waals surface area contributed by atoms with Gasteiger partial charge in [-0.25, -0.2) is 0 Å². The fourth-order valence-corrected chi connectivity index (χ4v) is 5.67. The van der Waals surface area contributed by atoms with Crippen LogP contribution in [0.2, 0.25) is 0 Å². The number of benzene rings is 2. The Morgan fingerprint density at radius 1 is 1.12 bits per heavy atom. The van der Waals surface area contributed by atoms with Crippen LogP contribution in [-0.4, -0.2) is 33.6 Å². The van der Waals surface area contributed by atoms with E-state index in [0.717, 1.165) is 46.9 Å². The van der Waals surface area contributed by atoms with Gasteiger partial charge in [0.2, 0.25) is 5.91 Å². The average Bonchev–Trinajstić information content (AvgIpc) is 3.41. The molecule has 1 aromatic heterocycles. The molecule has 6 nitrogen and oxygen atoms in total. The van der Waals surface area contributed by atoms with E-state index in [4.69, 9.17) is 0 Å². The molecule has 0 atom stereocenters. The van der Waals surface area contributed by atoms with Gasteiger partial charge in [-0.2, -0.15) is 0 Å². The number of carbonyl (C=O) groups excluding carboxylic acids is 3. The molecule has 3 aromatic rings. The fraction of sp³-hybridized carbons (Fsp3) is 0.296. The Kier molecular flexibility index (Phi) is 4.34. The van der Waals surface area contributed by atoms with Gasteiger partial charge in [0.15, 0.2) is 5.78 Å². The highest BCUT2D eigenvalue weighted by atomic mass is 16.2. The summed E-state index contributed by atoms with van der Waals surface area (Å²) < 4.78 is 2.18. The van der Waals surface area contributed by atoms with Crippen molar-refractivity contribution in [3.8, 4) is 0 Å². The first-order valence-electron chi connectivity index (χ1n) is 11.5. The van der Waals surface area contributed by atoms with Crippen molar-refractivity contribution in [2.75, 3.05) is 6.54 Å². The van der Waals surface area contributed by atoms with E-state index in [-0.39, 0.29) is 29.6 Å². The number of aromatic nitrogens is 1. The molecule has 6 rings (SSSR count). The van der Waals surface area contributed by atoms with E-state index in [1.165, 1.54) is 6.08 Å². The van der Waals surface area contributed by atoms with Gasteiger partial charge in [0, 0.05) is 42.5 Å². The van der Waals surface area contributed by atoms with Crippen LogP contribution >= 0.6 is 0 Å². The van der Waals surface area contributed by atoms with Crippen LogP contribution in [0.4, 0.5) is 0 Å². The largest absolute Gasteiger partial charge is 0.348 e. The number of hydrogen-bond acceptors (Lipinski definition) is 3. The fourth-order valence-electron chi connectivity index (χ4n) is 5.67. The van der Waals surface area contributed by atoms with Crippen LogP contribution in [0.3, 0.4) is 0 Å². The Balaban J connectivity index is 1.34. The monoisotopic (exact) mass is 439 g/mol. The molecule has 0 radical (unpaired) electrons. The lowest BCUT2D eigenvalue weighted by atomic mass is 9.75. The smallest absolute Gasteiger partial charge is 0.268 e. The van der Waals surface area contributed by atoms with E-state index in [2.05, 4.69) is 16.5 Å². The lowest BCUT2D eigenvalue weighted by Crippen LogP contribution is -2.55. The summed E-state index contributed by atoms with van der Waals surface area (Å²) in [6.07, 6.45) is 4.85. The zero-order chi connectivity index (χ0) is 22.7. The quantitative estimate of drug-likeness (QED) is 0.498. The van der Waals surface area contributed by atoms with Crippen molar-refractivity contribution in [3.63, 3.8) is 0 Å². The molecular weight excluding hydrogens is 414 g/mol. The van der Waals surface area contributed by atoms with Gasteiger partial charge < -0.3 is 14.8 Å². The maximum Gasteiger partial charge on any atom is 0.268 e. The van der Waals surface area contributed by atoms with Gasteiger partial charge in [0.25, 0.3) is 5.91 Å². The summed E-state index contributed by atoms with van der Waals surface area (Å²) in [5.74, 6) is -0.103. The highest BCUT2D eigenvalue weighted by Crippen LogP contribution is 2.44. The standard InChI is InChI=1S/C27H25N3O3/c1-2-25(32)29-14-20-6-3-5-17(21(20)15-29)13-24(31)19-8-7-18-11-23-26(33)28-16-27(9-4-10-27)30(23)22(18)12-19/h2-3,5-8,11-12H,1,4,9-10,13-16H2,(H,28,33). The summed E-state index contributed by atoms with van der Waals surface area (Å²) in [6.45, 7) is 5.29. The number of fused-ring (bicyclic) bond motifs is 5. The van der Waals surface area contributed by atoms with E-state index >= 15 is 0 Å². The van der Waals surface area contributed by atoms with Crippen molar-refractivity contribution in [1.82, 2.24) is 14.8 Å². The summed E-state index contributed by atoms with van der Waals surface area (Å²) in [5, 5.41) is 4.03. The number of hydrogen-bond donors (Lipinski definition) is 1. The SMILES string of the molecule is C=CC(=O)N1Cc2cccc(CC(=O)c3ccc4cc5n(c4c3)C3(CCC3)CNC5=O)c2C1. The molecule has 1 saturated carbocycles. The molecule has 166 valence electrons. The van der Waals surface area contributed by atoms with Gasteiger partial charge in [-0.3, -0.25) is 14.4 Å². The second-order valence-electron chi connectivity index (χ2n) is 9.45. The van der Waals surface area contributed by atoms with E-state index in [1.54, 1.807) is 4.90 Å². The molecule has 1 fully saturated rings. The minimum Gasteiger partial charge on any atom is -0.348 e. The topological polar surface area (TPSA) is 71.4 Å². The molecule has 0 saturated heterocycles. The summed E-state index contributed by atoms with van der Waals surface area (Å²) in [7, 11) is 0. The molecule has 0 bridgehead atoms. The number of nitrogens with one attached hydrogen (secondary N) is 1. The molecule has 3 aliphatic rings. The zero-order valence-electron chi connectivity index (χ0n) is 18.4. The highest BCUT2D eigenvalue weighted by Gasteiger charge is 2.44. The summed E-state index contributed by atoms with van der Waals surface area (Å²) in [5.41, 5.74) is 5.35. The second kappa shape index (κ2) is 7.17. The lowest BCUT2D eigenvalue weighted by molar-refractivity contribution is -0.126. The number of Topliss-reactive ketones (excluding diaryl/α,β-unsaturated/α-hetero) is 1. The zero-order valence-corrected chi connectivity index (χ0v) is 18.4. The molecule has 1 spiro atoms. The number of rotatable bonds is 4. The molecule has 6 heteroatoms. The third-order valence-corrected chi connectivity index (χ3v) is 7.61. The first-order chi connectivity index (χ1) is 16.0. The lowest BCUT2D eigenvalue weighted by Gasteiger charge is -2.47. The predicted octanol–water partition coefficient (Wildman–Crippen LogP) is 3.72. The Morgan fingerprint density at radius 2 is 1.97 bits per heavy atom. The van der Waals surface area contributed by atoms with E-state index in [9.17, 15) is 14.4 Å². The van der Waals surface area contributed by atoms with Gasteiger partial charge in [-0.05, 0) is 54.2 Å². The number of carbonyl (C=O) groups is 3. The van der Waals surface area contributed by atoms with Gasteiger partial charge >= 0.3 is 0 Å². The minimum atomic E-state index is -0.0964. The van der Waals surface area contributed by atoms with Crippen LogP contribution in [0.5, 0.6) is 0 Å². The first-order valence-corrected chi connectivity index (χ1v) is 11.5. The Morgan fingerprint density at radius 3 is 2.73 bits per heavy atom. The Labute approximate surface area is 191 Å². The molecule has 0 unspecified atom stereocenters. The number of amides is 2. The van der Waals surface area contributed by atoms with Crippen molar-refractivity contribution in [2.45, 2.75) is 44.3 Å². The van der Waals surface area contributed by atoms with Gasteiger partial charge in [0.05, 0.1) is 5.54 Å². The maximum absolute atomic E-state index is 13.3. The van der Waals surface area contributed by atoms with Crippen molar-refractivity contribution < 1.29 is 14.4 Å². The van der Waals surface area contributed by atoms with Crippen molar-refractivity contribution in [3.05, 3.63) is 83.1 Å². The van der Waals surface area contributed by atoms with Gasteiger partial charge in [-0.1, -0.05) is 36.9 Å². The van der Waals surface area contributed by atoms with E-state index in [1.807, 2.05) is 42.5 Å². The molecule has 2 amide bonds. The number of nitrogens with zero attached hydrogens (tertiary/aromatic N) is 2. The third-order valence-electron chi connectivity index (χ3n) is 7.61. The van der Waals surface area contributed by atoms with E-state index < -0.39 is 0 Å². The van der Waals surface area contributed by atoms with E-state index in [0.29, 0.717) is 30.9 Å². The molecule has 3 heterocycles. The Bertz CT molecular complexity index is 1360. The average molecular weight is 440 g/mol. The van der Waals surface area contributed by atoms with Crippen LogP contribution in [-0.2, 0) is 29.8 Å². The van der Waals surface area contributed by atoms with Crippen LogP contribution < -0.4 is 5.32 Å². The number of ketones is 1. The second-order valence-corrected chi connectivity index (χ2v) is 9.45. The van der Waals surface area contributed by atoms with Crippen molar-refractivity contribution in [1.29, 1.82) is 0 Å².